The molecule has 110 valence electrons. The van der Waals surface area contributed by atoms with Crippen LogP contribution in [-0.2, 0) is 0 Å². The van der Waals surface area contributed by atoms with Crippen LogP contribution in [0.15, 0.2) is 54.5 Å². The van der Waals surface area contributed by atoms with Crippen LogP contribution in [0.25, 0.3) is 11.3 Å². The molecule has 0 radical (unpaired) electrons. The second kappa shape index (κ2) is 5.31. The first-order valence-electron chi connectivity index (χ1n) is 6.67. The van der Waals surface area contributed by atoms with Crippen LogP contribution in [0.1, 0.15) is 5.69 Å². The monoisotopic (exact) mass is 329 g/mol. The van der Waals surface area contributed by atoms with Gasteiger partial charge < -0.3 is 10.6 Å². The number of hydrogen-bond donors (Lipinski definition) is 1. The molecule has 3 heterocycles. The highest BCUT2D eigenvalue weighted by atomic mass is 35.5. The molecule has 1 atom stereocenters. The number of anilines is 1. The molecular formula is C15H12ClN5S. The Morgan fingerprint density at radius 1 is 1.18 bits per heavy atom. The molecular weight excluding hydrogens is 318 g/mol. The van der Waals surface area contributed by atoms with E-state index >= 15 is 0 Å². The first kappa shape index (κ1) is 13.6. The predicted molar refractivity (Wildman–Crippen MR) is 90.5 cm³/mol. The van der Waals surface area contributed by atoms with E-state index in [0.717, 1.165) is 22.7 Å². The van der Waals surface area contributed by atoms with Crippen LogP contribution in [0.3, 0.4) is 0 Å². The van der Waals surface area contributed by atoms with E-state index in [2.05, 4.69) is 20.3 Å². The van der Waals surface area contributed by atoms with Crippen LogP contribution in [0.4, 0.5) is 5.69 Å². The Balaban J connectivity index is 1.81. The maximum absolute atomic E-state index is 6.25. The van der Waals surface area contributed by atoms with Gasteiger partial charge >= 0.3 is 0 Å². The molecule has 2 N–H and O–H groups in total. The fraction of sp³-hybridized carbons (Fsp3) is 0.0667. The second-order valence-electron chi connectivity index (χ2n) is 4.82. The summed E-state index contributed by atoms with van der Waals surface area (Å²) in [5.41, 5.74) is 9.87. The summed E-state index contributed by atoms with van der Waals surface area (Å²) in [6.45, 7) is 0. The van der Waals surface area contributed by atoms with Crippen LogP contribution in [0.2, 0.25) is 5.02 Å². The molecule has 0 spiro atoms. The molecule has 0 saturated heterocycles. The molecule has 1 unspecified atom stereocenters. The fourth-order valence-corrected chi connectivity index (χ4v) is 3.48. The van der Waals surface area contributed by atoms with Gasteiger partial charge in [0.2, 0.25) is 0 Å². The summed E-state index contributed by atoms with van der Waals surface area (Å²) in [4.78, 5) is 10.6. The number of hydrogen-bond acceptors (Lipinski definition) is 5. The number of thioether (sulfide) groups is 1. The Morgan fingerprint density at radius 2 is 2.00 bits per heavy atom. The zero-order valence-corrected chi connectivity index (χ0v) is 13.0. The molecule has 0 bridgehead atoms. The van der Waals surface area contributed by atoms with Crippen molar-refractivity contribution in [1.82, 2.24) is 14.4 Å². The Bertz CT molecular complexity index is 858. The zero-order valence-electron chi connectivity index (χ0n) is 11.4. The smallest absolute Gasteiger partial charge is 0.155 e. The lowest BCUT2D eigenvalue weighted by Crippen LogP contribution is -2.34. The molecule has 4 rings (SSSR count). The molecule has 0 saturated carbocycles. The Labute approximate surface area is 136 Å². The quantitative estimate of drug-likeness (QED) is 0.782. The minimum absolute atomic E-state index is 0.177. The lowest BCUT2D eigenvalue weighted by Gasteiger charge is -2.26. The summed E-state index contributed by atoms with van der Waals surface area (Å²) >= 11 is 7.55. The number of benzene rings is 1. The molecule has 2 aromatic heterocycles. The predicted octanol–water partition coefficient (Wildman–Crippen LogP) is 3.18. The lowest BCUT2D eigenvalue weighted by atomic mass is 10.2. The van der Waals surface area contributed by atoms with Crippen molar-refractivity contribution in [1.29, 1.82) is 0 Å². The Morgan fingerprint density at radius 3 is 2.82 bits per heavy atom. The van der Waals surface area contributed by atoms with Gasteiger partial charge in [0.15, 0.2) is 5.65 Å². The fourth-order valence-electron chi connectivity index (χ4n) is 2.49. The molecule has 0 amide bonds. The normalized spacial score (nSPS) is 18.0. The zero-order chi connectivity index (χ0) is 15.1. The summed E-state index contributed by atoms with van der Waals surface area (Å²) in [6, 6.07) is 7.66. The van der Waals surface area contributed by atoms with Gasteiger partial charge in [0.05, 0.1) is 23.8 Å². The van der Waals surface area contributed by atoms with E-state index in [9.17, 15) is 0 Å². The van der Waals surface area contributed by atoms with Crippen molar-refractivity contribution < 1.29 is 0 Å². The van der Waals surface area contributed by atoms with Gasteiger partial charge in [-0.2, -0.15) is 0 Å². The average molecular weight is 330 g/mol. The highest BCUT2D eigenvalue weighted by Crippen LogP contribution is 2.38. The van der Waals surface area contributed by atoms with Crippen molar-refractivity contribution in [3.63, 3.8) is 0 Å². The van der Waals surface area contributed by atoms with Crippen LogP contribution in [0.5, 0.6) is 0 Å². The maximum Gasteiger partial charge on any atom is 0.155 e. The van der Waals surface area contributed by atoms with E-state index < -0.39 is 0 Å². The molecule has 1 aliphatic heterocycles. The van der Waals surface area contributed by atoms with Gasteiger partial charge in [0.1, 0.15) is 5.50 Å². The number of fused-ring (bicyclic) bond motifs is 1. The number of halogens is 1. The molecule has 7 heteroatoms. The maximum atomic E-state index is 6.25. The summed E-state index contributed by atoms with van der Waals surface area (Å²) in [5.74, 6) is 0. The lowest BCUT2D eigenvalue weighted by molar-refractivity contribution is 0.929. The van der Waals surface area contributed by atoms with Crippen molar-refractivity contribution in [3.05, 3.63) is 65.2 Å². The van der Waals surface area contributed by atoms with Crippen LogP contribution in [-0.4, -0.2) is 19.9 Å². The number of nitrogens with two attached hydrogens (primary N) is 1. The number of nitrogens with zero attached hydrogens (tertiary/aromatic N) is 4. The summed E-state index contributed by atoms with van der Waals surface area (Å²) in [6.07, 6.45) is 7.21. The van der Waals surface area contributed by atoms with Gasteiger partial charge in [-0.25, -0.2) is 4.98 Å². The van der Waals surface area contributed by atoms with E-state index in [-0.39, 0.29) is 5.50 Å². The molecule has 3 aromatic rings. The third kappa shape index (κ3) is 2.16. The third-order valence-electron chi connectivity index (χ3n) is 3.52. The Hall–Kier alpha value is -2.02. The summed E-state index contributed by atoms with van der Waals surface area (Å²) < 4.78 is 2.00. The highest BCUT2D eigenvalue weighted by molar-refractivity contribution is 8.03. The van der Waals surface area contributed by atoms with Crippen molar-refractivity contribution >= 4 is 40.4 Å². The van der Waals surface area contributed by atoms with E-state index in [1.54, 1.807) is 24.2 Å². The summed E-state index contributed by atoms with van der Waals surface area (Å²) in [5, 5.41) is 2.76. The van der Waals surface area contributed by atoms with Gasteiger partial charge in [-0.1, -0.05) is 23.4 Å². The van der Waals surface area contributed by atoms with Crippen molar-refractivity contribution in [2.45, 2.75) is 5.50 Å². The SMILES string of the molecule is NC1SC=C(c2cnc3cnccn23)N1c1ccc(Cl)cc1. The van der Waals surface area contributed by atoms with E-state index in [1.807, 2.05) is 41.1 Å². The van der Waals surface area contributed by atoms with Crippen LogP contribution >= 0.6 is 23.4 Å². The number of aromatic nitrogens is 3. The average Bonchev–Trinajstić information content (AvgIpc) is 3.12. The van der Waals surface area contributed by atoms with E-state index in [1.165, 1.54) is 0 Å². The first-order valence-corrected chi connectivity index (χ1v) is 7.99. The van der Waals surface area contributed by atoms with Gasteiger partial charge in [0.25, 0.3) is 0 Å². The van der Waals surface area contributed by atoms with Gasteiger partial charge in [-0.05, 0) is 24.3 Å². The van der Waals surface area contributed by atoms with Gasteiger partial charge in [-0.15, -0.1) is 0 Å². The van der Waals surface area contributed by atoms with Crippen molar-refractivity contribution in [2.24, 2.45) is 5.73 Å². The minimum atomic E-state index is -0.177. The van der Waals surface area contributed by atoms with Crippen molar-refractivity contribution in [2.75, 3.05) is 4.90 Å². The minimum Gasteiger partial charge on any atom is -0.314 e. The number of rotatable bonds is 2. The van der Waals surface area contributed by atoms with E-state index in [0.29, 0.717) is 5.02 Å². The molecule has 1 aromatic carbocycles. The highest BCUT2D eigenvalue weighted by Gasteiger charge is 2.28. The molecule has 22 heavy (non-hydrogen) atoms. The topological polar surface area (TPSA) is 59.4 Å². The van der Waals surface area contributed by atoms with Gasteiger partial charge in [0, 0.05) is 28.5 Å². The molecule has 0 fully saturated rings. The Kier molecular flexibility index (Phi) is 3.29. The second-order valence-corrected chi connectivity index (χ2v) is 6.25. The standard InChI is InChI=1S/C15H12ClN5S/c16-10-1-3-11(4-2-10)21-13(9-22-15(21)17)12-7-19-14-8-18-5-6-20(12)14/h1-9,15H,17H2. The largest absolute Gasteiger partial charge is 0.314 e. The summed E-state index contributed by atoms with van der Waals surface area (Å²) in [7, 11) is 0. The van der Waals surface area contributed by atoms with Crippen LogP contribution < -0.4 is 10.6 Å². The van der Waals surface area contributed by atoms with Crippen molar-refractivity contribution in [3.8, 4) is 0 Å². The van der Waals surface area contributed by atoms with Gasteiger partial charge in [-0.3, -0.25) is 9.38 Å². The molecule has 5 nitrogen and oxygen atoms in total. The molecule has 1 aliphatic rings. The molecule has 0 aliphatic carbocycles. The number of imidazole rings is 1. The van der Waals surface area contributed by atoms with Crippen LogP contribution in [0, 0.1) is 0 Å². The van der Waals surface area contributed by atoms with E-state index in [4.69, 9.17) is 17.3 Å². The first-order chi connectivity index (χ1) is 10.7. The third-order valence-corrected chi connectivity index (χ3v) is 4.62.